The summed E-state index contributed by atoms with van der Waals surface area (Å²) in [4.78, 5) is 29.9. The molecule has 0 saturated heterocycles. The first-order chi connectivity index (χ1) is 8.20. The lowest BCUT2D eigenvalue weighted by Gasteiger charge is -2.12. The van der Waals surface area contributed by atoms with Gasteiger partial charge < -0.3 is 4.90 Å². The molecule has 0 aliphatic carbocycles. The molecule has 6 heteroatoms. The van der Waals surface area contributed by atoms with E-state index < -0.39 is 0 Å². The molecule has 1 aliphatic rings. The molecule has 3 rings (SSSR count). The Kier molecular flexibility index (Phi) is 2.04. The van der Waals surface area contributed by atoms with Crippen molar-refractivity contribution in [1.82, 2.24) is 18.9 Å². The van der Waals surface area contributed by atoms with Crippen LogP contribution in [0.25, 0.3) is 5.52 Å². The summed E-state index contributed by atoms with van der Waals surface area (Å²) < 4.78 is 3.02. The number of carbonyl (C=O) groups excluding carboxylic acids is 1. The lowest BCUT2D eigenvalue weighted by molar-refractivity contribution is 0.0798. The highest BCUT2D eigenvalue weighted by Gasteiger charge is 2.25. The first-order valence-corrected chi connectivity index (χ1v) is 5.50. The molecule has 2 aromatic heterocycles. The summed E-state index contributed by atoms with van der Waals surface area (Å²) in [6, 6.07) is 0. The van der Waals surface area contributed by atoms with Crippen LogP contribution < -0.4 is 5.69 Å². The van der Waals surface area contributed by atoms with E-state index in [1.165, 1.54) is 4.40 Å². The smallest absolute Gasteiger partial charge is 0.333 e. The van der Waals surface area contributed by atoms with Crippen LogP contribution in [-0.2, 0) is 6.54 Å². The maximum atomic E-state index is 12.2. The molecule has 1 amide bonds. The van der Waals surface area contributed by atoms with Crippen LogP contribution in [0.5, 0.6) is 0 Å². The van der Waals surface area contributed by atoms with Gasteiger partial charge in [0.2, 0.25) is 0 Å². The van der Waals surface area contributed by atoms with E-state index in [2.05, 4.69) is 4.98 Å². The van der Waals surface area contributed by atoms with E-state index in [0.717, 1.165) is 6.42 Å². The normalized spacial score (nSPS) is 16.1. The minimum atomic E-state index is -0.166. The summed E-state index contributed by atoms with van der Waals surface area (Å²) in [5.74, 6) is -0.116. The molecular weight excluding hydrogens is 220 g/mol. The summed E-state index contributed by atoms with van der Waals surface area (Å²) in [5, 5.41) is 0. The summed E-state index contributed by atoms with van der Waals surface area (Å²) >= 11 is 0. The summed E-state index contributed by atoms with van der Waals surface area (Å²) in [6.07, 6.45) is 5.48. The second-order valence-corrected chi connectivity index (χ2v) is 4.19. The molecule has 1 aliphatic heterocycles. The third kappa shape index (κ3) is 1.30. The maximum absolute atomic E-state index is 12.2. The quantitative estimate of drug-likeness (QED) is 0.641. The standard InChI is InChI=1S/C11H12N4O2/c1-13-4-2-5-15-9(10(13)16)8-7-12-3-6-14(8)11(15)17/h3,6-7H,2,4-5H2,1H3. The fourth-order valence-electron chi connectivity index (χ4n) is 2.25. The topological polar surface area (TPSA) is 59.6 Å². The molecule has 0 atom stereocenters. The number of aromatic nitrogens is 3. The van der Waals surface area contributed by atoms with Crippen molar-refractivity contribution < 1.29 is 4.79 Å². The Morgan fingerprint density at radius 2 is 2.12 bits per heavy atom. The van der Waals surface area contributed by atoms with Crippen molar-refractivity contribution >= 4 is 11.4 Å². The number of rotatable bonds is 0. The van der Waals surface area contributed by atoms with Crippen molar-refractivity contribution in [1.29, 1.82) is 0 Å². The number of hydrogen-bond acceptors (Lipinski definition) is 3. The second-order valence-electron chi connectivity index (χ2n) is 4.19. The van der Waals surface area contributed by atoms with Gasteiger partial charge in [-0.2, -0.15) is 0 Å². The van der Waals surface area contributed by atoms with Crippen molar-refractivity contribution in [2.24, 2.45) is 0 Å². The minimum absolute atomic E-state index is 0.116. The Morgan fingerprint density at radius 3 is 2.94 bits per heavy atom. The van der Waals surface area contributed by atoms with E-state index >= 15 is 0 Å². The van der Waals surface area contributed by atoms with Gasteiger partial charge in [-0.1, -0.05) is 0 Å². The molecular formula is C11H12N4O2. The minimum Gasteiger partial charge on any atom is -0.340 e. The number of carbonyl (C=O) groups is 1. The average molecular weight is 232 g/mol. The molecule has 3 heterocycles. The highest BCUT2D eigenvalue weighted by atomic mass is 16.2. The first-order valence-electron chi connectivity index (χ1n) is 5.50. The highest BCUT2D eigenvalue weighted by Crippen LogP contribution is 2.14. The number of fused-ring (bicyclic) bond motifs is 3. The molecule has 0 unspecified atom stereocenters. The Hall–Kier alpha value is -2.11. The van der Waals surface area contributed by atoms with Gasteiger partial charge in [-0.15, -0.1) is 0 Å². The van der Waals surface area contributed by atoms with E-state index in [9.17, 15) is 9.59 Å². The van der Waals surface area contributed by atoms with Crippen molar-refractivity contribution in [2.45, 2.75) is 13.0 Å². The zero-order chi connectivity index (χ0) is 12.0. The number of amides is 1. The van der Waals surface area contributed by atoms with E-state index in [1.807, 2.05) is 0 Å². The van der Waals surface area contributed by atoms with E-state index in [-0.39, 0.29) is 11.6 Å². The SMILES string of the molecule is CN1CCCn2c(c3cnccn3c2=O)C1=O. The molecule has 2 aromatic rings. The molecule has 0 aromatic carbocycles. The molecule has 17 heavy (non-hydrogen) atoms. The second kappa shape index (κ2) is 3.44. The van der Waals surface area contributed by atoms with Crippen LogP contribution in [0.2, 0.25) is 0 Å². The zero-order valence-corrected chi connectivity index (χ0v) is 9.46. The van der Waals surface area contributed by atoms with Crippen molar-refractivity contribution in [2.75, 3.05) is 13.6 Å². The molecule has 0 saturated carbocycles. The van der Waals surface area contributed by atoms with Gasteiger partial charge in [-0.3, -0.25) is 18.7 Å². The van der Waals surface area contributed by atoms with Gasteiger partial charge in [0.25, 0.3) is 5.91 Å². The predicted molar refractivity (Wildman–Crippen MR) is 61.0 cm³/mol. The number of nitrogens with zero attached hydrogens (tertiary/aromatic N) is 4. The predicted octanol–water partition coefficient (Wildman–Crippen LogP) is -0.0283. The van der Waals surface area contributed by atoms with Crippen molar-refractivity contribution in [3.63, 3.8) is 0 Å². The van der Waals surface area contributed by atoms with Gasteiger partial charge in [-0.05, 0) is 6.42 Å². The van der Waals surface area contributed by atoms with E-state index in [0.29, 0.717) is 24.3 Å². The van der Waals surface area contributed by atoms with Crippen LogP contribution in [-0.4, -0.2) is 38.4 Å². The summed E-state index contributed by atoms with van der Waals surface area (Å²) in [5.41, 5.74) is 0.861. The van der Waals surface area contributed by atoms with Crippen LogP contribution in [0.1, 0.15) is 16.9 Å². The fourth-order valence-corrected chi connectivity index (χ4v) is 2.25. The molecule has 0 spiro atoms. The van der Waals surface area contributed by atoms with E-state index in [1.54, 1.807) is 35.1 Å². The molecule has 88 valence electrons. The van der Waals surface area contributed by atoms with Crippen LogP contribution in [0.15, 0.2) is 23.4 Å². The fraction of sp³-hybridized carbons (Fsp3) is 0.364. The largest absolute Gasteiger partial charge is 0.340 e. The molecule has 0 radical (unpaired) electrons. The number of imidazole rings is 1. The lowest BCUT2D eigenvalue weighted by Crippen LogP contribution is -2.27. The van der Waals surface area contributed by atoms with Gasteiger partial charge >= 0.3 is 5.69 Å². The molecule has 0 bridgehead atoms. The Balaban J connectivity index is 2.41. The van der Waals surface area contributed by atoms with Gasteiger partial charge in [0, 0.05) is 32.5 Å². The van der Waals surface area contributed by atoms with Crippen molar-refractivity contribution in [3.05, 3.63) is 34.8 Å². The summed E-state index contributed by atoms with van der Waals surface area (Å²) in [6.45, 7) is 1.25. The summed E-state index contributed by atoms with van der Waals surface area (Å²) in [7, 11) is 1.75. The monoisotopic (exact) mass is 232 g/mol. The van der Waals surface area contributed by atoms with E-state index in [4.69, 9.17) is 0 Å². The van der Waals surface area contributed by atoms with Gasteiger partial charge in [0.15, 0.2) is 0 Å². The number of hydrogen-bond donors (Lipinski definition) is 0. The van der Waals surface area contributed by atoms with Crippen LogP contribution >= 0.6 is 0 Å². The maximum Gasteiger partial charge on any atom is 0.333 e. The molecule has 6 nitrogen and oxygen atoms in total. The highest BCUT2D eigenvalue weighted by molar-refractivity contribution is 5.99. The lowest BCUT2D eigenvalue weighted by atomic mass is 10.3. The van der Waals surface area contributed by atoms with Gasteiger partial charge in [0.05, 0.1) is 11.7 Å². The van der Waals surface area contributed by atoms with Crippen LogP contribution in [0.4, 0.5) is 0 Å². The molecule has 0 fully saturated rings. The van der Waals surface area contributed by atoms with Gasteiger partial charge in [-0.25, -0.2) is 4.79 Å². The third-order valence-electron chi connectivity index (χ3n) is 3.13. The Bertz CT molecular complexity index is 655. The Labute approximate surface area is 97.1 Å². The molecule has 0 N–H and O–H groups in total. The zero-order valence-electron chi connectivity index (χ0n) is 9.46. The average Bonchev–Trinajstić information content (AvgIpc) is 2.53. The first kappa shape index (κ1) is 10.1. The third-order valence-corrected chi connectivity index (χ3v) is 3.13. The Morgan fingerprint density at radius 1 is 1.29 bits per heavy atom. The van der Waals surface area contributed by atoms with Crippen LogP contribution in [0.3, 0.4) is 0 Å². The van der Waals surface area contributed by atoms with Crippen molar-refractivity contribution in [3.8, 4) is 0 Å². The van der Waals surface area contributed by atoms with Gasteiger partial charge in [0.1, 0.15) is 5.69 Å². The van der Waals surface area contributed by atoms with Crippen LogP contribution in [0, 0.1) is 0 Å².